The number of fused-ring (bicyclic) bond motifs is 1. The van der Waals surface area contributed by atoms with Crippen molar-refractivity contribution in [1.29, 1.82) is 0 Å². The Morgan fingerprint density at radius 3 is 1.73 bits per heavy atom. The van der Waals surface area contributed by atoms with E-state index in [0.717, 1.165) is 0 Å². The molecule has 0 unspecified atom stereocenters. The zero-order valence-corrected chi connectivity index (χ0v) is 5.39. The Balaban J connectivity index is 0.000000114. The molecule has 0 bridgehead atoms. The molecule has 1 N–H and O–H groups in total. The van der Waals surface area contributed by atoms with Crippen molar-refractivity contribution in [2.24, 2.45) is 0 Å². The molecule has 60 valence electrons. The van der Waals surface area contributed by atoms with Crippen LogP contribution in [0, 0.1) is 0 Å². The van der Waals surface area contributed by atoms with Crippen molar-refractivity contribution in [2.75, 3.05) is 0 Å². The summed E-state index contributed by atoms with van der Waals surface area (Å²) in [4.78, 5) is 0. The summed E-state index contributed by atoms with van der Waals surface area (Å²) in [5.41, 5.74) is 1.09. The molecular formula is C6H5F3N2. The number of nitrogens with zero attached hydrogens (tertiary/aromatic N) is 1. The third-order valence-corrected chi connectivity index (χ3v) is 1.18. The molecule has 0 heterocycles. The number of hydrogen-bond acceptors (Lipinski definition) is 2. The zero-order valence-electron chi connectivity index (χ0n) is 5.39. The van der Waals surface area contributed by atoms with E-state index in [-0.39, 0.29) is 5.65 Å². The number of nitrogens with one attached hydrogen (secondary N) is 1. The molecule has 2 aliphatic rings. The van der Waals surface area contributed by atoms with E-state index in [2.05, 4.69) is 24.3 Å². The molecule has 0 aliphatic heterocycles. The number of hydrogen-bond donors (Lipinski definition) is 1. The first kappa shape index (κ1) is 8.03. The van der Waals surface area contributed by atoms with Crippen LogP contribution in [0.4, 0.5) is 13.4 Å². The summed E-state index contributed by atoms with van der Waals surface area (Å²) < 4.78 is 30.3. The average Bonchev–Trinajstić information content (AvgIpc) is 2.61. The van der Waals surface area contributed by atoms with Gasteiger partial charge in [-0.3, -0.25) is 0 Å². The molecule has 0 aromatic heterocycles. The van der Waals surface area contributed by atoms with Crippen molar-refractivity contribution in [3.05, 3.63) is 24.3 Å². The minimum absolute atomic E-state index is 0.0278. The molecule has 0 fully saturated rings. The molecule has 11 heavy (non-hydrogen) atoms. The van der Waals surface area contributed by atoms with Gasteiger partial charge in [0.25, 0.3) is 0 Å². The van der Waals surface area contributed by atoms with Crippen LogP contribution in [-0.4, -0.2) is 5.45 Å². The highest BCUT2D eigenvalue weighted by molar-refractivity contribution is 5.80. The summed E-state index contributed by atoms with van der Waals surface area (Å²) in [6.45, 7) is 0. The standard InChI is InChI=1S/C6H4.F3HN2/c1-2-5-4-6(5)3-1;1-4-5(2)3/h1-4H;4H. The first-order chi connectivity index (χ1) is 5.24. The van der Waals surface area contributed by atoms with Crippen LogP contribution in [0.25, 0.3) is 11.1 Å². The Labute approximate surface area is 61.0 Å². The summed E-state index contributed by atoms with van der Waals surface area (Å²) in [7, 11) is 0. The van der Waals surface area contributed by atoms with E-state index >= 15 is 0 Å². The molecule has 0 saturated carbocycles. The van der Waals surface area contributed by atoms with Crippen molar-refractivity contribution in [2.45, 2.75) is 0 Å². The fourth-order valence-corrected chi connectivity index (χ4v) is 0.676. The van der Waals surface area contributed by atoms with Crippen LogP contribution in [0.5, 0.6) is 0 Å². The van der Waals surface area contributed by atoms with Gasteiger partial charge in [0.1, 0.15) is 5.45 Å². The SMILES string of the molecule is FNN(F)F.c1cc2cc-2c1. The Bertz CT molecular complexity index is 222. The minimum atomic E-state index is -1.79. The first-order valence-corrected chi connectivity index (χ1v) is 2.82. The van der Waals surface area contributed by atoms with E-state index in [0.29, 0.717) is 0 Å². The van der Waals surface area contributed by atoms with Crippen molar-refractivity contribution < 1.29 is 13.4 Å². The van der Waals surface area contributed by atoms with Gasteiger partial charge < -0.3 is 0 Å². The van der Waals surface area contributed by atoms with Crippen LogP contribution < -0.4 is 5.65 Å². The molecule has 0 aromatic carbocycles. The number of halogens is 3. The van der Waals surface area contributed by atoms with Crippen LogP contribution in [0.3, 0.4) is 0 Å². The third kappa shape index (κ3) is 2.57. The second-order valence-electron chi connectivity index (χ2n) is 1.90. The fraction of sp³-hybridized carbons (Fsp3) is 0. The Morgan fingerprint density at radius 1 is 1.18 bits per heavy atom. The predicted octanol–water partition coefficient (Wildman–Crippen LogP) is 2.11. The van der Waals surface area contributed by atoms with Crippen LogP contribution in [0.2, 0.25) is 0 Å². The highest BCUT2D eigenvalue weighted by atomic mass is 19.4. The summed E-state index contributed by atoms with van der Waals surface area (Å²) in [5.74, 6) is 0. The maximum Gasteiger partial charge on any atom is 0.124 e. The van der Waals surface area contributed by atoms with Gasteiger partial charge in [0.2, 0.25) is 0 Å². The van der Waals surface area contributed by atoms with Gasteiger partial charge in [-0.05, 0) is 22.8 Å². The molecule has 0 aromatic rings. The molecule has 5 heteroatoms. The van der Waals surface area contributed by atoms with E-state index in [1.807, 2.05) is 0 Å². The van der Waals surface area contributed by atoms with Crippen LogP contribution in [0.1, 0.15) is 0 Å². The van der Waals surface area contributed by atoms with E-state index in [9.17, 15) is 13.4 Å². The largest absolute Gasteiger partial charge is 0.124 e. The van der Waals surface area contributed by atoms with Crippen molar-refractivity contribution in [3.8, 4) is 11.1 Å². The van der Waals surface area contributed by atoms with E-state index in [4.69, 9.17) is 0 Å². The average molecular weight is 162 g/mol. The molecule has 0 atom stereocenters. The lowest BCUT2D eigenvalue weighted by molar-refractivity contribution is -0.240. The van der Waals surface area contributed by atoms with Crippen LogP contribution >= 0.6 is 0 Å². The predicted molar refractivity (Wildman–Crippen MR) is 33.7 cm³/mol. The van der Waals surface area contributed by atoms with Gasteiger partial charge in [0.05, 0.1) is 0 Å². The summed E-state index contributed by atoms with van der Waals surface area (Å²) >= 11 is 0. The lowest BCUT2D eigenvalue weighted by atomic mass is 10.6. The highest BCUT2D eigenvalue weighted by Gasteiger charge is 2.06. The van der Waals surface area contributed by atoms with Gasteiger partial charge in [-0.25, -0.2) is 0 Å². The second kappa shape index (κ2) is 3.36. The van der Waals surface area contributed by atoms with Gasteiger partial charge >= 0.3 is 0 Å². The highest BCUT2D eigenvalue weighted by Crippen LogP contribution is 2.32. The normalized spacial score (nSPS) is 10.5. The van der Waals surface area contributed by atoms with Gasteiger partial charge in [0.15, 0.2) is 0 Å². The first-order valence-electron chi connectivity index (χ1n) is 2.82. The van der Waals surface area contributed by atoms with Gasteiger partial charge in [-0.1, -0.05) is 27.2 Å². The second-order valence-corrected chi connectivity index (χ2v) is 1.90. The topological polar surface area (TPSA) is 15.3 Å². The summed E-state index contributed by atoms with van der Waals surface area (Å²) in [6, 6.07) is 8.48. The zero-order chi connectivity index (χ0) is 8.27. The van der Waals surface area contributed by atoms with E-state index in [1.54, 1.807) is 0 Å². The molecule has 0 radical (unpaired) electrons. The number of hydrazine groups is 1. The lowest BCUT2D eigenvalue weighted by Gasteiger charge is -1.83. The van der Waals surface area contributed by atoms with Crippen molar-refractivity contribution >= 4 is 0 Å². The minimum Gasteiger partial charge on any atom is -0.116 e. The molecule has 0 saturated heterocycles. The van der Waals surface area contributed by atoms with Gasteiger partial charge in [-0.2, -0.15) is 0 Å². The molecule has 2 nitrogen and oxygen atoms in total. The van der Waals surface area contributed by atoms with Crippen LogP contribution in [0.15, 0.2) is 24.3 Å². The van der Waals surface area contributed by atoms with Crippen molar-refractivity contribution in [1.82, 2.24) is 11.1 Å². The summed E-state index contributed by atoms with van der Waals surface area (Å²) in [5, 5.41) is 0. The molecule has 2 aliphatic carbocycles. The van der Waals surface area contributed by atoms with E-state index in [1.165, 1.54) is 11.1 Å². The Hall–Kier alpha value is -1.07. The van der Waals surface area contributed by atoms with Crippen molar-refractivity contribution in [3.63, 3.8) is 0 Å². The smallest absolute Gasteiger partial charge is 0.116 e. The molecular weight excluding hydrogens is 157 g/mol. The lowest BCUT2D eigenvalue weighted by Crippen LogP contribution is -2.11. The Kier molecular flexibility index (Phi) is 2.45. The van der Waals surface area contributed by atoms with E-state index < -0.39 is 5.45 Å². The number of benzene rings is 1. The van der Waals surface area contributed by atoms with Gasteiger partial charge in [-0.15, -0.1) is 4.48 Å². The van der Waals surface area contributed by atoms with Gasteiger partial charge in [0, 0.05) is 0 Å². The molecule has 0 amide bonds. The monoisotopic (exact) mass is 162 g/mol. The van der Waals surface area contributed by atoms with Crippen LogP contribution in [-0.2, 0) is 0 Å². The third-order valence-electron chi connectivity index (χ3n) is 1.18. The fourth-order valence-electron chi connectivity index (χ4n) is 0.676. The molecule has 0 spiro atoms. The molecule has 2 rings (SSSR count). The maximum absolute atomic E-state index is 10.1. The number of rotatable bonds is 1. The Morgan fingerprint density at radius 2 is 1.64 bits per heavy atom. The maximum atomic E-state index is 10.1. The summed E-state index contributed by atoms with van der Waals surface area (Å²) in [6.07, 6.45) is 0. The quantitative estimate of drug-likeness (QED) is 0.510.